The van der Waals surface area contributed by atoms with Crippen LogP contribution in [-0.4, -0.2) is 4.21 Å². The van der Waals surface area contributed by atoms with Crippen molar-refractivity contribution in [3.63, 3.8) is 0 Å². The molecule has 0 fully saturated rings. The van der Waals surface area contributed by atoms with Crippen LogP contribution in [0.3, 0.4) is 0 Å². The van der Waals surface area contributed by atoms with Crippen LogP contribution in [-0.2, 0) is 10.0 Å². The molecule has 0 saturated heterocycles. The van der Waals surface area contributed by atoms with Crippen LogP contribution in [0.15, 0.2) is 23.1 Å². The molecule has 1 aliphatic heterocycles. The molecule has 1 heterocycles. The van der Waals surface area contributed by atoms with Gasteiger partial charge in [-0.25, -0.2) is 4.21 Å². The van der Waals surface area contributed by atoms with E-state index in [4.69, 9.17) is 0 Å². The summed E-state index contributed by atoms with van der Waals surface area (Å²) in [6.07, 6.45) is 0. The summed E-state index contributed by atoms with van der Waals surface area (Å²) < 4.78 is 13.9. The molecule has 2 rings (SSSR count). The van der Waals surface area contributed by atoms with E-state index in [0.29, 0.717) is 0 Å². The third kappa shape index (κ3) is 1.16. The van der Waals surface area contributed by atoms with Crippen molar-refractivity contribution >= 4 is 26.5 Å². The quantitative estimate of drug-likeness (QED) is 0.627. The second-order valence-electron chi connectivity index (χ2n) is 2.37. The first-order valence-corrected chi connectivity index (χ1v) is 5.72. The van der Waals surface area contributed by atoms with Crippen LogP contribution in [0.2, 0.25) is 0 Å². The topological polar surface area (TPSA) is 29.1 Å². The minimum Gasteiger partial charge on any atom is -0.295 e. The van der Waals surface area contributed by atoms with Crippen molar-refractivity contribution in [1.29, 1.82) is 0 Å². The standard InChI is InChI=1S/C7H7NOS2/c1-5-3-2-4-6-7(5)10-11(9)8-6/h2-4,8H,1H3. The van der Waals surface area contributed by atoms with Gasteiger partial charge in [0.1, 0.15) is 0 Å². The Morgan fingerprint density at radius 1 is 1.55 bits per heavy atom. The highest BCUT2D eigenvalue weighted by atomic mass is 33.1. The lowest BCUT2D eigenvalue weighted by atomic mass is 10.2. The van der Waals surface area contributed by atoms with Gasteiger partial charge in [0.05, 0.1) is 5.69 Å². The molecule has 11 heavy (non-hydrogen) atoms. The minimum atomic E-state index is -0.963. The molecule has 1 atom stereocenters. The number of benzene rings is 1. The zero-order valence-electron chi connectivity index (χ0n) is 5.96. The molecule has 0 aliphatic carbocycles. The van der Waals surface area contributed by atoms with Crippen LogP contribution in [0.1, 0.15) is 5.56 Å². The lowest BCUT2D eigenvalue weighted by molar-refractivity contribution is 0.694. The molecule has 4 heteroatoms. The van der Waals surface area contributed by atoms with Gasteiger partial charge in [-0.05, 0) is 29.3 Å². The van der Waals surface area contributed by atoms with Crippen LogP contribution >= 0.6 is 10.8 Å². The van der Waals surface area contributed by atoms with E-state index in [9.17, 15) is 4.21 Å². The molecule has 2 nitrogen and oxygen atoms in total. The van der Waals surface area contributed by atoms with E-state index < -0.39 is 10.0 Å². The van der Waals surface area contributed by atoms with Crippen molar-refractivity contribution in [2.24, 2.45) is 0 Å². The van der Waals surface area contributed by atoms with Gasteiger partial charge >= 0.3 is 0 Å². The summed E-state index contributed by atoms with van der Waals surface area (Å²) in [6, 6.07) is 5.93. The largest absolute Gasteiger partial charge is 0.295 e. The lowest BCUT2D eigenvalue weighted by Gasteiger charge is -1.97. The van der Waals surface area contributed by atoms with Crippen molar-refractivity contribution in [3.05, 3.63) is 23.8 Å². The Hall–Kier alpha value is -0.480. The second kappa shape index (κ2) is 2.53. The van der Waals surface area contributed by atoms with Gasteiger partial charge in [0.25, 0.3) is 0 Å². The zero-order chi connectivity index (χ0) is 7.84. The molecule has 1 aromatic rings. The van der Waals surface area contributed by atoms with Gasteiger partial charge in [-0.15, -0.1) is 0 Å². The normalized spacial score (nSPS) is 21.0. The van der Waals surface area contributed by atoms with Crippen molar-refractivity contribution in [1.82, 2.24) is 0 Å². The second-order valence-corrected chi connectivity index (χ2v) is 5.03. The Morgan fingerprint density at radius 3 is 3.09 bits per heavy atom. The Kier molecular flexibility index (Phi) is 1.65. The van der Waals surface area contributed by atoms with Gasteiger partial charge in [-0.2, -0.15) is 0 Å². The van der Waals surface area contributed by atoms with E-state index >= 15 is 0 Å². The third-order valence-corrected chi connectivity index (χ3v) is 4.01. The van der Waals surface area contributed by atoms with Gasteiger partial charge < -0.3 is 0 Å². The van der Waals surface area contributed by atoms with Crippen LogP contribution in [0.25, 0.3) is 0 Å². The molecule has 58 valence electrons. The smallest absolute Gasteiger partial charge is 0.184 e. The van der Waals surface area contributed by atoms with Crippen LogP contribution in [0.4, 0.5) is 5.69 Å². The monoisotopic (exact) mass is 185 g/mol. The van der Waals surface area contributed by atoms with Crippen molar-refractivity contribution < 1.29 is 4.21 Å². The lowest BCUT2D eigenvalue weighted by Crippen LogP contribution is -1.90. The number of aryl methyl sites for hydroxylation is 1. The first kappa shape index (κ1) is 7.18. The zero-order valence-corrected chi connectivity index (χ0v) is 7.59. The van der Waals surface area contributed by atoms with E-state index in [-0.39, 0.29) is 0 Å². The molecule has 1 aromatic carbocycles. The van der Waals surface area contributed by atoms with Gasteiger partial charge in [-0.1, -0.05) is 12.1 Å². The molecule has 0 saturated carbocycles. The fourth-order valence-corrected chi connectivity index (χ4v) is 3.56. The molecule has 0 bridgehead atoms. The highest BCUT2D eigenvalue weighted by molar-refractivity contribution is 8.70. The Morgan fingerprint density at radius 2 is 2.36 bits per heavy atom. The van der Waals surface area contributed by atoms with Crippen molar-refractivity contribution in [2.75, 3.05) is 4.72 Å². The summed E-state index contributed by atoms with van der Waals surface area (Å²) >= 11 is 0. The van der Waals surface area contributed by atoms with Gasteiger partial charge in [-0.3, -0.25) is 4.72 Å². The minimum absolute atomic E-state index is 0.963. The predicted molar refractivity (Wildman–Crippen MR) is 48.8 cm³/mol. The van der Waals surface area contributed by atoms with E-state index in [1.807, 2.05) is 25.1 Å². The Balaban J connectivity index is 2.57. The molecule has 1 aliphatic rings. The van der Waals surface area contributed by atoms with Gasteiger partial charge in [0.15, 0.2) is 10.0 Å². The Labute approximate surface area is 71.4 Å². The van der Waals surface area contributed by atoms with Crippen LogP contribution < -0.4 is 4.72 Å². The van der Waals surface area contributed by atoms with E-state index in [2.05, 4.69) is 4.72 Å². The summed E-state index contributed by atoms with van der Waals surface area (Å²) in [5.74, 6) is 0. The number of fused-ring (bicyclic) bond motifs is 1. The third-order valence-electron chi connectivity index (χ3n) is 1.56. The number of nitrogens with one attached hydrogen (secondary N) is 1. The summed E-state index contributed by atoms with van der Waals surface area (Å²) in [5, 5.41) is 0. The highest BCUT2D eigenvalue weighted by Crippen LogP contribution is 2.39. The molecule has 0 spiro atoms. The molecular formula is C7H7NOS2. The predicted octanol–water partition coefficient (Wildman–Crippen LogP) is 2.09. The fourth-order valence-electron chi connectivity index (χ4n) is 1.03. The number of anilines is 1. The van der Waals surface area contributed by atoms with Gasteiger partial charge in [0.2, 0.25) is 0 Å². The average Bonchev–Trinajstić information content (AvgIpc) is 2.31. The van der Waals surface area contributed by atoms with Crippen molar-refractivity contribution in [2.45, 2.75) is 11.8 Å². The maximum absolute atomic E-state index is 11.0. The number of hydrogen-bond donors (Lipinski definition) is 1. The SMILES string of the molecule is Cc1cccc2c1SS(=O)N2. The first-order chi connectivity index (χ1) is 5.27. The molecule has 0 radical (unpaired) electrons. The average molecular weight is 185 g/mol. The fraction of sp³-hybridized carbons (Fsp3) is 0.143. The molecule has 1 N–H and O–H groups in total. The van der Waals surface area contributed by atoms with E-state index in [1.54, 1.807) is 0 Å². The summed E-state index contributed by atoms with van der Waals surface area (Å²) in [6.45, 7) is 2.02. The summed E-state index contributed by atoms with van der Waals surface area (Å²) in [7, 11) is 0.416. The highest BCUT2D eigenvalue weighted by Gasteiger charge is 2.18. The number of hydrogen-bond acceptors (Lipinski definition) is 2. The molecule has 0 aromatic heterocycles. The first-order valence-electron chi connectivity index (χ1n) is 3.24. The summed E-state index contributed by atoms with van der Waals surface area (Å²) in [5.41, 5.74) is 2.18. The molecule has 1 unspecified atom stereocenters. The van der Waals surface area contributed by atoms with Crippen LogP contribution in [0, 0.1) is 6.92 Å². The molecular weight excluding hydrogens is 178 g/mol. The Bertz CT molecular complexity index is 324. The van der Waals surface area contributed by atoms with E-state index in [0.717, 1.165) is 10.6 Å². The maximum atomic E-state index is 11.0. The summed E-state index contributed by atoms with van der Waals surface area (Å²) in [4.78, 5) is 1.12. The van der Waals surface area contributed by atoms with E-state index in [1.165, 1.54) is 16.4 Å². The maximum Gasteiger partial charge on any atom is 0.184 e. The number of rotatable bonds is 0. The van der Waals surface area contributed by atoms with Gasteiger partial charge in [0, 0.05) is 4.90 Å². The molecule has 0 amide bonds. The van der Waals surface area contributed by atoms with Crippen molar-refractivity contribution in [3.8, 4) is 0 Å². The van der Waals surface area contributed by atoms with Crippen LogP contribution in [0.5, 0.6) is 0 Å².